The van der Waals surface area contributed by atoms with E-state index >= 15 is 0 Å². The van der Waals surface area contributed by atoms with E-state index in [2.05, 4.69) is 59.1 Å². The Kier molecular flexibility index (Phi) is 3.01. The van der Waals surface area contributed by atoms with E-state index in [4.69, 9.17) is 0 Å². The molecule has 0 amide bonds. The van der Waals surface area contributed by atoms with Crippen molar-refractivity contribution < 1.29 is 0 Å². The molecule has 1 unspecified atom stereocenters. The standard InChI is InChI=1S/C7H19N3Si3/c1-7-13(6)8-11-9(2)12(4,5)10(13)3/h7-8H,1H2,2-6H3. The number of hydrogen-bond acceptors (Lipinski definition) is 3. The van der Waals surface area contributed by atoms with Crippen LogP contribution in [0.1, 0.15) is 0 Å². The molecule has 1 fully saturated rings. The molecule has 6 heteroatoms. The van der Waals surface area contributed by atoms with Gasteiger partial charge in [0.25, 0.3) is 0 Å². The van der Waals surface area contributed by atoms with Crippen LogP contribution in [0.25, 0.3) is 0 Å². The lowest BCUT2D eigenvalue weighted by atomic mass is 11.3. The van der Waals surface area contributed by atoms with Gasteiger partial charge in [-0.3, -0.25) is 0 Å². The van der Waals surface area contributed by atoms with Crippen LogP contribution < -0.4 is 4.65 Å². The first-order chi connectivity index (χ1) is 5.84. The quantitative estimate of drug-likeness (QED) is 0.660. The fraction of sp³-hybridized carbons (Fsp3) is 0.714. The lowest BCUT2D eigenvalue weighted by Gasteiger charge is -2.53. The Morgan fingerprint density at radius 3 is 2.31 bits per heavy atom. The van der Waals surface area contributed by atoms with Crippen molar-refractivity contribution in [1.29, 1.82) is 0 Å². The van der Waals surface area contributed by atoms with Gasteiger partial charge in [-0.15, -0.1) is 6.58 Å². The summed E-state index contributed by atoms with van der Waals surface area (Å²) in [4.78, 5) is 0. The van der Waals surface area contributed by atoms with Gasteiger partial charge in [-0.05, 0) is 33.7 Å². The Morgan fingerprint density at radius 2 is 1.85 bits per heavy atom. The van der Waals surface area contributed by atoms with Gasteiger partial charge in [0.05, 0.1) is 0 Å². The zero-order valence-electron chi connectivity index (χ0n) is 9.18. The molecule has 2 radical (unpaired) electrons. The minimum Gasteiger partial charge on any atom is -0.333 e. The van der Waals surface area contributed by atoms with Gasteiger partial charge in [-0.2, -0.15) is 0 Å². The Balaban J connectivity index is 2.94. The van der Waals surface area contributed by atoms with E-state index < -0.39 is 16.8 Å². The van der Waals surface area contributed by atoms with Crippen molar-refractivity contribution in [2.75, 3.05) is 14.1 Å². The topological polar surface area (TPSA) is 18.5 Å². The molecule has 1 atom stereocenters. The van der Waals surface area contributed by atoms with Gasteiger partial charge in [0, 0.05) is 0 Å². The summed E-state index contributed by atoms with van der Waals surface area (Å²) < 4.78 is 8.69. The van der Waals surface area contributed by atoms with Crippen LogP contribution in [0.4, 0.5) is 0 Å². The molecular weight excluding hydrogens is 210 g/mol. The maximum atomic E-state index is 3.96. The Labute approximate surface area is 86.1 Å². The van der Waals surface area contributed by atoms with Gasteiger partial charge < -0.3 is 13.1 Å². The largest absolute Gasteiger partial charge is 0.333 e. The Bertz CT molecular complexity index is 221. The molecule has 0 aliphatic carbocycles. The number of rotatable bonds is 1. The zero-order valence-corrected chi connectivity index (χ0v) is 12.2. The third-order valence-corrected chi connectivity index (χ3v) is 16.5. The van der Waals surface area contributed by atoms with Crippen molar-refractivity contribution >= 4 is 26.6 Å². The number of nitrogens with zero attached hydrogens (tertiary/aromatic N) is 2. The molecule has 0 aromatic heterocycles. The van der Waals surface area contributed by atoms with Gasteiger partial charge in [-0.1, -0.05) is 5.70 Å². The minimum atomic E-state index is -1.51. The van der Waals surface area contributed by atoms with Crippen molar-refractivity contribution in [3.05, 3.63) is 12.3 Å². The van der Waals surface area contributed by atoms with Crippen LogP contribution in [-0.2, 0) is 0 Å². The molecule has 1 aliphatic rings. The first-order valence-corrected chi connectivity index (χ1v) is 10.9. The summed E-state index contributed by atoms with van der Waals surface area (Å²) in [6.45, 7) is 11.1. The molecule has 0 spiro atoms. The summed E-state index contributed by atoms with van der Waals surface area (Å²) in [5.74, 6) is 0. The molecule has 3 nitrogen and oxygen atoms in total. The maximum absolute atomic E-state index is 3.96. The first-order valence-electron chi connectivity index (χ1n) is 4.49. The lowest BCUT2D eigenvalue weighted by Crippen LogP contribution is -2.80. The Hall–Kier alpha value is 0.271. The van der Waals surface area contributed by atoms with E-state index in [0.29, 0.717) is 0 Å². The molecular formula is C7H19N3Si3. The van der Waals surface area contributed by atoms with Crippen LogP contribution >= 0.6 is 0 Å². The van der Waals surface area contributed by atoms with Gasteiger partial charge in [0.15, 0.2) is 8.40 Å². The van der Waals surface area contributed by atoms with E-state index in [0.717, 1.165) is 9.84 Å². The summed E-state index contributed by atoms with van der Waals surface area (Å²) in [7, 11) is 2.36. The summed E-state index contributed by atoms with van der Waals surface area (Å²) >= 11 is 0. The highest BCUT2D eigenvalue weighted by Crippen LogP contribution is 2.21. The number of hydrogen-bond donors (Lipinski definition) is 1. The molecule has 1 rings (SSSR count). The van der Waals surface area contributed by atoms with E-state index in [-0.39, 0.29) is 0 Å². The molecule has 0 aromatic rings. The van der Waals surface area contributed by atoms with Crippen LogP contribution in [0.3, 0.4) is 0 Å². The molecule has 0 saturated carbocycles. The average molecular weight is 230 g/mol. The molecule has 0 aromatic carbocycles. The second kappa shape index (κ2) is 3.45. The lowest BCUT2D eigenvalue weighted by molar-refractivity contribution is 0.604. The maximum Gasteiger partial charge on any atom is 0.235 e. The Morgan fingerprint density at radius 1 is 1.31 bits per heavy atom. The predicted octanol–water partition coefficient (Wildman–Crippen LogP) is 0.486. The van der Waals surface area contributed by atoms with E-state index in [9.17, 15) is 0 Å². The van der Waals surface area contributed by atoms with Crippen molar-refractivity contribution in [3.63, 3.8) is 0 Å². The minimum absolute atomic E-state index is 0.765. The van der Waals surface area contributed by atoms with Gasteiger partial charge in [-0.25, -0.2) is 0 Å². The molecule has 0 bridgehead atoms. The summed E-state index contributed by atoms with van der Waals surface area (Å²) in [5, 5.41) is 0. The second-order valence-electron chi connectivity index (χ2n) is 4.20. The van der Waals surface area contributed by atoms with Crippen LogP contribution in [-0.4, -0.2) is 49.2 Å². The first kappa shape index (κ1) is 11.3. The van der Waals surface area contributed by atoms with Crippen molar-refractivity contribution in [1.82, 2.24) is 13.1 Å². The van der Waals surface area contributed by atoms with Gasteiger partial charge >= 0.3 is 0 Å². The van der Waals surface area contributed by atoms with E-state index in [1.807, 2.05) is 0 Å². The van der Waals surface area contributed by atoms with E-state index in [1.165, 1.54) is 0 Å². The average Bonchev–Trinajstić information content (AvgIpc) is 2.10. The summed E-state index contributed by atoms with van der Waals surface area (Å²) in [6.07, 6.45) is 0. The van der Waals surface area contributed by atoms with Gasteiger partial charge in [0.1, 0.15) is 0 Å². The molecule has 1 N–H and O–H groups in total. The third kappa shape index (κ3) is 1.74. The van der Waals surface area contributed by atoms with Crippen LogP contribution in [0, 0.1) is 0 Å². The zero-order chi connectivity index (χ0) is 10.3. The van der Waals surface area contributed by atoms with Crippen LogP contribution in [0.15, 0.2) is 12.3 Å². The van der Waals surface area contributed by atoms with Crippen molar-refractivity contribution in [2.45, 2.75) is 19.6 Å². The third-order valence-electron chi connectivity index (χ3n) is 3.21. The molecule has 13 heavy (non-hydrogen) atoms. The van der Waals surface area contributed by atoms with Gasteiger partial charge in [0.2, 0.25) is 18.2 Å². The van der Waals surface area contributed by atoms with Crippen LogP contribution in [0.2, 0.25) is 19.6 Å². The highest BCUT2D eigenvalue weighted by atomic mass is 28.5. The number of nitrogens with one attached hydrogen (secondary N) is 1. The molecule has 1 saturated heterocycles. The SMILES string of the molecule is C=C[Si]1(C)N[Si]N(C)[Si](C)(C)N1C. The fourth-order valence-electron chi connectivity index (χ4n) is 1.40. The van der Waals surface area contributed by atoms with E-state index in [1.54, 1.807) is 0 Å². The summed E-state index contributed by atoms with van der Waals surface area (Å²) in [5.41, 5.74) is 2.14. The fourth-order valence-corrected chi connectivity index (χ4v) is 12.9. The highest BCUT2D eigenvalue weighted by molar-refractivity contribution is 6.98. The smallest absolute Gasteiger partial charge is 0.235 e. The normalized spacial score (nSPS) is 36.1. The summed E-state index contributed by atoms with van der Waals surface area (Å²) in [6, 6.07) is 0. The van der Waals surface area contributed by atoms with Crippen LogP contribution in [0.5, 0.6) is 0 Å². The highest BCUT2D eigenvalue weighted by Gasteiger charge is 2.46. The van der Waals surface area contributed by atoms with Crippen molar-refractivity contribution in [3.8, 4) is 0 Å². The second-order valence-corrected chi connectivity index (χ2v) is 14.7. The molecule has 1 aliphatic heterocycles. The van der Waals surface area contributed by atoms with Crippen molar-refractivity contribution in [2.24, 2.45) is 0 Å². The molecule has 74 valence electrons. The monoisotopic (exact) mass is 229 g/mol. The molecule has 1 heterocycles. The predicted molar refractivity (Wildman–Crippen MR) is 63.7 cm³/mol.